The predicted molar refractivity (Wildman–Crippen MR) is 359 cm³/mol. The molecule has 0 atom stereocenters. The van der Waals surface area contributed by atoms with E-state index in [0.717, 1.165) is 28.2 Å². The van der Waals surface area contributed by atoms with Gasteiger partial charge in [0.1, 0.15) is 11.3 Å². The first-order valence-electron chi connectivity index (χ1n) is 29.5. The van der Waals surface area contributed by atoms with Gasteiger partial charge in [0, 0.05) is 45.3 Å². The van der Waals surface area contributed by atoms with Crippen molar-refractivity contribution in [3.63, 3.8) is 0 Å². The third-order valence-corrected chi connectivity index (χ3v) is 17.7. The Morgan fingerprint density at radius 3 is 0.965 bits per heavy atom. The summed E-state index contributed by atoms with van der Waals surface area (Å²) in [5.41, 5.74) is 31.5. The minimum absolute atomic E-state index is 0.977. The van der Waals surface area contributed by atoms with Crippen LogP contribution in [0.5, 0.6) is 0 Å². The van der Waals surface area contributed by atoms with Gasteiger partial charge in [-0.05, 0) is 178 Å². The summed E-state index contributed by atoms with van der Waals surface area (Å²) in [4.78, 5) is 9.54. The van der Waals surface area contributed by atoms with E-state index in [0.29, 0.717) is 0 Å². The maximum atomic E-state index is 4.78. The van der Waals surface area contributed by atoms with Gasteiger partial charge in [0.15, 0.2) is 0 Å². The topological polar surface area (TPSA) is 35.6 Å². The summed E-state index contributed by atoms with van der Waals surface area (Å²) in [5.74, 6) is 0. The Balaban J connectivity index is 0.000000134. The fraction of sp³-hybridized carbons (Fsp3) is 0. The van der Waals surface area contributed by atoms with Crippen LogP contribution in [0.15, 0.2) is 316 Å². The molecule has 4 heterocycles. The molecule has 4 nitrogen and oxygen atoms in total. The van der Waals surface area contributed by atoms with Crippen molar-refractivity contribution in [1.29, 1.82) is 0 Å². The highest BCUT2D eigenvalue weighted by Crippen LogP contribution is 2.52. The summed E-state index contributed by atoms with van der Waals surface area (Å²) in [6.07, 6.45) is 3.75. The zero-order valence-electron chi connectivity index (χ0n) is 46.8. The number of hydrogen-bond acceptors (Lipinski definition) is 2. The van der Waals surface area contributed by atoms with Crippen molar-refractivity contribution in [2.45, 2.75) is 0 Å². The monoisotopic (exact) mass is 1090 g/mol. The average Bonchev–Trinajstić information content (AvgIpc) is 2.18. The Kier molecular flexibility index (Phi) is 11.5. The zero-order chi connectivity index (χ0) is 56.7. The van der Waals surface area contributed by atoms with Crippen molar-refractivity contribution in [3.05, 3.63) is 316 Å². The molecule has 0 aliphatic heterocycles. The van der Waals surface area contributed by atoms with E-state index in [1.54, 1.807) is 0 Å². The molecule has 0 N–H and O–H groups in total. The highest BCUT2D eigenvalue weighted by molar-refractivity contribution is 6.11. The van der Waals surface area contributed by atoms with E-state index in [-0.39, 0.29) is 0 Å². The summed E-state index contributed by atoms with van der Waals surface area (Å²) in [5, 5.41) is 4.78. The van der Waals surface area contributed by atoms with Crippen LogP contribution in [0, 0.1) is 0 Å². The van der Waals surface area contributed by atoms with Gasteiger partial charge in [-0.2, -0.15) is 0 Å². The van der Waals surface area contributed by atoms with Crippen molar-refractivity contribution in [2.24, 2.45) is 0 Å². The molecule has 4 heteroatoms. The Morgan fingerprint density at radius 1 is 0.198 bits per heavy atom. The molecule has 0 saturated carbocycles. The van der Waals surface area contributed by atoms with Gasteiger partial charge in [-0.25, -0.2) is 9.97 Å². The van der Waals surface area contributed by atoms with Crippen molar-refractivity contribution in [3.8, 4) is 123 Å². The van der Waals surface area contributed by atoms with Crippen LogP contribution in [0.2, 0.25) is 0 Å². The molecular weight excluding hydrogens is 1040 g/mol. The average molecular weight is 1090 g/mol. The lowest BCUT2D eigenvalue weighted by molar-refractivity contribution is 1.14. The Morgan fingerprint density at radius 2 is 0.512 bits per heavy atom. The first-order valence-corrected chi connectivity index (χ1v) is 29.5. The Hall–Kier alpha value is -11.5. The minimum Gasteiger partial charge on any atom is -0.294 e. The fourth-order valence-corrected chi connectivity index (χ4v) is 13.9. The first kappa shape index (κ1) is 49.2. The van der Waals surface area contributed by atoms with Gasteiger partial charge in [-0.15, -0.1) is 0 Å². The Labute approximate surface area is 498 Å². The smallest absolute Gasteiger partial charge is 0.145 e. The van der Waals surface area contributed by atoms with Crippen LogP contribution in [-0.4, -0.2) is 19.1 Å². The predicted octanol–water partition coefficient (Wildman–Crippen LogP) is 21.7. The molecule has 4 aromatic heterocycles. The van der Waals surface area contributed by atoms with Crippen LogP contribution in [0.25, 0.3) is 167 Å². The molecule has 86 heavy (non-hydrogen) atoms. The molecule has 0 radical (unpaired) electrons. The molecule has 0 saturated heterocycles. The van der Waals surface area contributed by atoms with Crippen LogP contribution >= 0.6 is 0 Å². The van der Waals surface area contributed by atoms with Crippen LogP contribution in [0.3, 0.4) is 0 Å². The molecule has 0 unspecified atom stereocenters. The van der Waals surface area contributed by atoms with Gasteiger partial charge in [-0.1, -0.05) is 237 Å². The second-order valence-electron chi connectivity index (χ2n) is 22.3. The van der Waals surface area contributed by atoms with Crippen LogP contribution in [0.4, 0.5) is 0 Å². The largest absolute Gasteiger partial charge is 0.294 e. The van der Waals surface area contributed by atoms with Gasteiger partial charge in [0.05, 0.1) is 11.0 Å². The van der Waals surface area contributed by atoms with Crippen molar-refractivity contribution >= 4 is 43.9 Å². The molecule has 16 aromatic rings. The standard InChI is InChI=1S/2C41H26N2/c1-2-12-31-30(11-1)32-13-3-4-14-34(32)37-19-9-18-29(40(37)36-17-6-5-15-33(31)36)27-22-24-28(25-23-27)43-39-21-8-7-16-35(39)38-20-10-26-42-41(38)43;1-2-11-31-30(10-1)32-12-3-4-14-34(32)36-24-21-28(26-39(36)35-15-6-5-13-33(31)35)27-19-22-29(23-20-27)43-40-18-8-7-16-37(40)38-17-9-25-42-41(38)43/h2*1-26H. The second-order valence-corrected chi connectivity index (χ2v) is 22.3. The number of pyridine rings is 2. The molecule has 0 bridgehead atoms. The lowest BCUT2D eigenvalue weighted by atomic mass is 9.78. The lowest BCUT2D eigenvalue weighted by Crippen LogP contribution is -1.99. The summed E-state index contributed by atoms with van der Waals surface area (Å²) < 4.78 is 4.53. The van der Waals surface area contributed by atoms with Crippen molar-refractivity contribution in [1.82, 2.24) is 19.1 Å². The number of aromatic nitrogens is 4. The number of nitrogens with zero attached hydrogens (tertiary/aromatic N) is 4. The maximum absolute atomic E-state index is 4.78. The number of benzene rings is 12. The molecular formula is C82H52N4. The highest BCUT2D eigenvalue weighted by Gasteiger charge is 2.26. The van der Waals surface area contributed by atoms with E-state index in [1.165, 1.54) is 138 Å². The maximum Gasteiger partial charge on any atom is 0.145 e. The molecule has 12 aromatic carbocycles. The molecule has 2 aliphatic carbocycles. The van der Waals surface area contributed by atoms with Crippen LogP contribution in [-0.2, 0) is 0 Å². The second kappa shape index (κ2) is 20.2. The van der Waals surface area contributed by atoms with Crippen LogP contribution in [0.1, 0.15) is 0 Å². The SMILES string of the molecule is c1ccc2c(c1)-c1ccccc1-c1ccc(-c3ccc(-n4c5ccccc5c5cccnc54)cc3)cc1-c1ccccc1-2.c1ccc2c(c1)-c1ccccc1-c1cccc(-c3ccc(-n4c5ccccc5c5cccnc54)cc3)c1-c1ccccc1-2. The zero-order valence-corrected chi connectivity index (χ0v) is 46.8. The lowest BCUT2D eigenvalue weighted by Gasteiger charge is -2.25. The summed E-state index contributed by atoms with van der Waals surface area (Å²) in [7, 11) is 0. The van der Waals surface area contributed by atoms with Crippen LogP contribution < -0.4 is 0 Å². The van der Waals surface area contributed by atoms with E-state index in [2.05, 4.69) is 300 Å². The van der Waals surface area contributed by atoms with E-state index in [4.69, 9.17) is 9.97 Å². The Bertz CT molecular complexity index is 5180. The minimum atomic E-state index is 0.977. The van der Waals surface area contributed by atoms with Gasteiger partial charge >= 0.3 is 0 Å². The van der Waals surface area contributed by atoms with E-state index >= 15 is 0 Å². The number of rotatable bonds is 4. The molecule has 0 spiro atoms. The van der Waals surface area contributed by atoms with E-state index in [9.17, 15) is 0 Å². The summed E-state index contributed by atoms with van der Waals surface area (Å²) >= 11 is 0. The van der Waals surface area contributed by atoms with Gasteiger partial charge < -0.3 is 0 Å². The molecule has 2 aliphatic rings. The van der Waals surface area contributed by atoms with Gasteiger partial charge in [0.2, 0.25) is 0 Å². The third kappa shape index (κ3) is 7.85. The molecule has 0 fully saturated rings. The van der Waals surface area contributed by atoms with Crippen molar-refractivity contribution < 1.29 is 0 Å². The quantitative estimate of drug-likeness (QED) is 0.176. The van der Waals surface area contributed by atoms with Crippen molar-refractivity contribution in [2.75, 3.05) is 0 Å². The summed E-state index contributed by atoms with van der Waals surface area (Å²) in [6.45, 7) is 0. The third-order valence-electron chi connectivity index (χ3n) is 17.7. The summed E-state index contributed by atoms with van der Waals surface area (Å²) in [6, 6.07) is 110. The molecule has 400 valence electrons. The number of hydrogen-bond donors (Lipinski definition) is 0. The molecule has 18 rings (SSSR count). The van der Waals surface area contributed by atoms with Gasteiger partial charge in [0.25, 0.3) is 0 Å². The highest BCUT2D eigenvalue weighted by atomic mass is 15.1. The van der Waals surface area contributed by atoms with E-state index in [1.807, 2.05) is 24.5 Å². The first-order chi connectivity index (χ1) is 42.7. The van der Waals surface area contributed by atoms with E-state index < -0.39 is 0 Å². The fourth-order valence-electron chi connectivity index (χ4n) is 13.9. The number of para-hydroxylation sites is 2. The normalized spacial score (nSPS) is 11.7. The number of fused-ring (bicyclic) bond motifs is 22. The molecule has 0 amide bonds. The van der Waals surface area contributed by atoms with Gasteiger partial charge in [-0.3, -0.25) is 9.13 Å².